The number of nitrogens with zero attached hydrogens (tertiary/aromatic N) is 1. The van der Waals surface area contributed by atoms with Gasteiger partial charge in [-0.2, -0.15) is 0 Å². The van der Waals surface area contributed by atoms with Crippen LogP contribution in [0.1, 0.15) is 30.4 Å². The average Bonchev–Trinajstić information content (AvgIpc) is 2.60. The predicted molar refractivity (Wildman–Crippen MR) is 95.9 cm³/mol. The van der Waals surface area contributed by atoms with Crippen molar-refractivity contribution in [3.05, 3.63) is 39.7 Å². The Balaban J connectivity index is 2.14. The zero-order valence-electron chi connectivity index (χ0n) is 14.2. The molecule has 1 aliphatic rings. The smallest absolute Gasteiger partial charge is 0.257 e. The molecule has 0 bridgehead atoms. The normalized spacial score (nSPS) is 16.1. The van der Waals surface area contributed by atoms with Gasteiger partial charge in [0.05, 0.1) is 19.8 Å². The molecule has 8 heteroatoms. The standard InChI is InChI=1S/C17H19N3O4S/c1-4-25-17-19-15-14(16(22)20-17)11(8-13(21)18-15)10-6-5-9(23-2)7-12(10)24-3/h5-7,11H,4,8H2,1-3H3,(H2,18,19,20,21,22). The second kappa shape index (κ2) is 7.18. The Morgan fingerprint density at radius 1 is 1.28 bits per heavy atom. The number of methoxy groups -OCH3 is 2. The number of nitrogens with one attached hydrogen (secondary N) is 2. The van der Waals surface area contributed by atoms with Gasteiger partial charge in [0.15, 0.2) is 5.16 Å². The summed E-state index contributed by atoms with van der Waals surface area (Å²) in [6.07, 6.45) is 0.153. The molecule has 0 saturated carbocycles. The molecule has 1 amide bonds. The molecule has 1 aromatic heterocycles. The molecule has 1 unspecified atom stereocenters. The molecular weight excluding hydrogens is 342 g/mol. The predicted octanol–water partition coefficient (Wildman–Crippen LogP) is 2.37. The van der Waals surface area contributed by atoms with Gasteiger partial charge in [-0.1, -0.05) is 24.8 Å². The number of rotatable bonds is 5. The van der Waals surface area contributed by atoms with Crippen LogP contribution in [0.25, 0.3) is 0 Å². The summed E-state index contributed by atoms with van der Waals surface area (Å²) in [5.74, 6) is 1.69. The molecule has 2 N–H and O–H groups in total. The molecule has 25 heavy (non-hydrogen) atoms. The van der Waals surface area contributed by atoms with E-state index in [1.807, 2.05) is 13.0 Å². The molecule has 7 nitrogen and oxygen atoms in total. The van der Waals surface area contributed by atoms with Gasteiger partial charge in [0, 0.05) is 24.0 Å². The van der Waals surface area contributed by atoms with Crippen molar-refractivity contribution in [3.63, 3.8) is 0 Å². The average molecular weight is 361 g/mol. The maximum atomic E-state index is 12.6. The van der Waals surface area contributed by atoms with Crippen molar-refractivity contribution in [2.24, 2.45) is 0 Å². The SMILES string of the molecule is CCSc1nc2c(c(=O)[nH]1)C(c1ccc(OC)cc1OC)CC(=O)N2. The van der Waals surface area contributed by atoms with Crippen LogP contribution in [0.3, 0.4) is 0 Å². The third kappa shape index (κ3) is 3.34. The number of aromatic nitrogens is 2. The van der Waals surface area contributed by atoms with E-state index in [1.165, 1.54) is 11.8 Å². The summed E-state index contributed by atoms with van der Waals surface area (Å²) in [6.45, 7) is 1.97. The number of thioether (sulfide) groups is 1. The van der Waals surface area contributed by atoms with Gasteiger partial charge in [0.25, 0.3) is 5.56 Å². The van der Waals surface area contributed by atoms with E-state index in [0.29, 0.717) is 28.0 Å². The summed E-state index contributed by atoms with van der Waals surface area (Å²) in [5, 5.41) is 3.20. The number of carbonyl (C=O) groups excluding carboxylic acids is 1. The van der Waals surface area contributed by atoms with Gasteiger partial charge in [-0.15, -0.1) is 0 Å². The highest BCUT2D eigenvalue weighted by molar-refractivity contribution is 7.99. The van der Waals surface area contributed by atoms with Gasteiger partial charge in [-0.25, -0.2) is 4.98 Å². The Morgan fingerprint density at radius 2 is 2.08 bits per heavy atom. The highest BCUT2D eigenvalue weighted by Crippen LogP contribution is 2.39. The Hall–Kier alpha value is -2.48. The van der Waals surface area contributed by atoms with Crippen LogP contribution in [0.4, 0.5) is 5.82 Å². The Kier molecular flexibility index (Phi) is 4.98. The summed E-state index contributed by atoms with van der Waals surface area (Å²) < 4.78 is 10.7. The van der Waals surface area contributed by atoms with E-state index in [0.717, 1.165) is 11.3 Å². The van der Waals surface area contributed by atoms with Crippen LogP contribution in [0, 0.1) is 0 Å². The van der Waals surface area contributed by atoms with Crippen LogP contribution in [-0.4, -0.2) is 35.8 Å². The minimum atomic E-state index is -0.429. The summed E-state index contributed by atoms with van der Waals surface area (Å²) in [5.41, 5.74) is 0.954. The number of aromatic amines is 1. The molecule has 0 saturated heterocycles. The third-order valence-electron chi connectivity index (χ3n) is 4.03. The molecule has 0 radical (unpaired) electrons. The number of amides is 1. The third-order valence-corrected chi connectivity index (χ3v) is 4.78. The van der Waals surface area contributed by atoms with Crippen LogP contribution >= 0.6 is 11.8 Å². The van der Waals surface area contributed by atoms with E-state index in [9.17, 15) is 9.59 Å². The minimum Gasteiger partial charge on any atom is -0.497 e. The Bertz CT molecular complexity index is 865. The summed E-state index contributed by atoms with van der Waals surface area (Å²) in [4.78, 5) is 32.0. The van der Waals surface area contributed by atoms with Gasteiger partial charge in [-0.3, -0.25) is 9.59 Å². The fourth-order valence-electron chi connectivity index (χ4n) is 2.93. The summed E-state index contributed by atoms with van der Waals surface area (Å²) in [7, 11) is 3.12. The first-order chi connectivity index (χ1) is 12.1. The van der Waals surface area contributed by atoms with Gasteiger partial charge < -0.3 is 19.8 Å². The van der Waals surface area contributed by atoms with E-state index in [1.54, 1.807) is 26.4 Å². The maximum Gasteiger partial charge on any atom is 0.257 e. The first-order valence-electron chi connectivity index (χ1n) is 7.86. The number of benzene rings is 1. The van der Waals surface area contributed by atoms with E-state index in [-0.39, 0.29) is 17.9 Å². The van der Waals surface area contributed by atoms with E-state index in [2.05, 4.69) is 15.3 Å². The van der Waals surface area contributed by atoms with Gasteiger partial charge in [0.2, 0.25) is 5.91 Å². The first kappa shape index (κ1) is 17.3. The minimum absolute atomic E-state index is 0.153. The van der Waals surface area contributed by atoms with E-state index in [4.69, 9.17) is 9.47 Å². The molecule has 2 aromatic rings. The van der Waals surface area contributed by atoms with E-state index >= 15 is 0 Å². The highest BCUT2D eigenvalue weighted by atomic mass is 32.2. The summed E-state index contributed by atoms with van der Waals surface area (Å²) >= 11 is 1.41. The maximum absolute atomic E-state index is 12.6. The molecule has 1 aromatic carbocycles. The monoisotopic (exact) mass is 361 g/mol. The van der Waals surface area contributed by atoms with E-state index < -0.39 is 5.92 Å². The number of H-pyrrole nitrogens is 1. The Labute approximate surface area is 149 Å². The summed E-state index contributed by atoms with van der Waals surface area (Å²) in [6, 6.07) is 5.34. The fraction of sp³-hybridized carbons (Fsp3) is 0.353. The molecule has 1 atom stereocenters. The lowest BCUT2D eigenvalue weighted by Gasteiger charge is -2.25. The molecule has 0 fully saturated rings. The lowest BCUT2D eigenvalue weighted by Crippen LogP contribution is -2.31. The second-order valence-corrected chi connectivity index (χ2v) is 6.73. The second-order valence-electron chi connectivity index (χ2n) is 5.48. The number of carbonyl (C=O) groups is 1. The molecular formula is C17H19N3O4S. The zero-order chi connectivity index (χ0) is 18.0. The number of fused-ring (bicyclic) bond motifs is 1. The van der Waals surface area contributed by atoms with Crippen molar-refractivity contribution >= 4 is 23.5 Å². The van der Waals surface area contributed by atoms with Gasteiger partial charge >= 0.3 is 0 Å². The lowest BCUT2D eigenvalue weighted by molar-refractivity contribution is -0.116. The Morgan fingerprint density at radius 3 is 2.76 bits per heavy atom. The van der Waals surface area contributed by atoms with Crippen LogP contribution in [-0.2, 0) is 4.79 Å². The van der Waals surface area contributed by atoms with Gasteiger partial charge in [0.1, 0.15) is 17.3 Å². The van der Waals surface area contributed by atoms with Crippen molar-refractivity contribution in [1.82, 2.24) is 9.97 Å². The van der Waals surface area contributed by atoms with Crippen LogP contribution in [0.2, 0.25) is 0 Å². The quantitative estimate of drug-likeness (QED) is 0.627. The molecule has 0 aliphatic carbocycles. The fourth-order valence-corrected chi connectivity index (χ4v) is 3.52. The van der Waals surface area contributed by atoms with Crippen molar-refractivity contribution in [2.75, 3.05) is 25.3 Å². The lowest BCUT2D eigenvalue weighted by atomic mass is 9.86. The van der Waals surface area contributed by atoms with Crippen LogP contribution < -0.4 is 20.3 Å². The zero-order valence-corrected chi connectivity index (χ0v) is 15.0. The molecule has 132 valence electrons. The number of anilines is 1. The highest BCUT2D eigenvalue weighted by Gasteiger charge is 2.32. The van der Waals surface area contributed by atoms with Crippen molar-refractivity contribution in [2.45, 2.75) is 24.4 Å². The van der Waals surface area contributed by atoms with Crippen LogP contribution in [0.5, 0.6) is 11.5 Å². The van der Waals surface area contributed by atoms with Crippen molar-refractivity contribution < 1.29 is 14.3 Å². The number of ether oxygens (including phenoxy) is 2. The first-order valence-corrected chi connectivity index (χ1v) is 8.84. The molecule has 0 spiro atoms. The van der Waals surface area contributed by atoms with Crippen molar-refractivity contribution in [1.29, 1.82) is 0 Å². The number of hydrogen-bond acceptors (Lipinski definition) is 6. The topological polar surface area (TPSA) is 93.3 Å². The number of hydrogen-bond donors (Lipinski definition) is 2. The molecule has 2 heterocycles. The van der Waals surface area contributed by atoms with Crippen molar-refractivity contribution in [3.8, 4) is 11.5 Å². The van der Waals surface area contributed by atoms with Crippen LogP contribution in [0.15, 0.2) is 28.2 Å². The van der Waals surface area contributed by atoms with Gasteiger partial charge in [-0.05, 0) is 11.8 Å². The largest absolute Gasteiger partial charge is 0.497 e. The molecule has 1 aliphatic heterocycles. The molecule has 3 rings (SSSR count).